The maximum absolute atomic E-state index is 14.2. The quantitative estimate of drug-likeness (QED) is 0.135. The predicted molar refractivity (Wildman–Crippen MR) is 148 cm³/mol. The fourth-order valence-corrected chi connectivity index (χ4v) is 4.31. The molecule has 196 valence electrons. The van der Waals surface area contributed by atoms with Crippen molar-refractivity contribution in [1.82, 2.24) is 9.66 Å². The van der Waals surface area contributed by atoms with Crippen molar-refractivity contribution >= 4 is 33.8 Å². The molecule has 2 heterocycles. The smallest absolute Gasteiger partial charge is 0.311 e. The Morgan fingerprint density at radius 3 is 2.60 bits per heavy atom. The molecule has 0 amide bonds. The number of rotatable bonds is 7. The van der Waals surface area contributed by atoms with Gasteiger partial charge in [-0.2, -0.15) is 9.78 Å². The van der Waals surface area contributed by atoms with Gasteiger partial charge in [-0.25, -0.2) is 9.37 Å². The Morgan fingerprint density at radius 1 is 1.00 bits per heavy atom. The van der Waals surface area contributed by atoms with Crippen LogP contribution in [-0.2, 0) is 6.61 Å². The minimum Gasteiger partial charge on any atom is -0.481 e. The van der Waals surface area contributed by atoms with E-state index in [0.29, 0.717) is 22.2 Å². The van der Waals surface area contributed by atoms with Crippen LogP contribution in [0.1, 0.15) is 11.1 Å². The van der Waals surface area contributed by atoms with Gasteiger partial charge in [0.25, 0.3) is 5.56 Å². The number of para-hydroxylation sites is 3. The van der Waals surface area contributed by atoms with Gasteiger partial charge in [0, 0.05) is 22.6 Å². The highest BCUT2D eigenvalue weighted by atomic mass is 19.1. The van der Waals surface area contributed by atoms with Crippen LogP contribution in [-0.4, -0.2) is 20.8 Å². The average Bonchev–Trinajstić information content (AvgIpc) is 3.40. The fourth-order valence-electron chi connectivity index (χ4n) is 4.31. The van der Waals surface area contributed by atoms with Crippen LogP contribution in [0.25, 0.3) is 33.5 Å². The van der Waals surface area contributed by atoms with Gasteiger partial charge >= 0.3 is 5.69 Å². The molecule has 0 radical (unpaired) electrons. The van der Waals surface area contributed by atoms with Crippen LogP contribution >= 0.6 is 0 Å². The summed E-state index contributed by atoms with van der Waals surface area (Å²) in [5, 5.41) is 17.3. The molecule has 0 saturated heterocycles. The molecule has 9 nitrogen and oxygen atoms in total. The van der Waals surface area contributed by atoms with Gasteiger partial charge in [-0.15, -0.1) is 0 Å². The fraction of sp³-hybridized carbons (Fsp3) is 0.0333. The summed E-state index contributed by atoms with van der Waals surface area (Å²) >= 11 is 0. The molecule has 0 fully saturated rings. The van der Waals surface area contributed by atoms with Crippen molar-refractivity contribution in [3.8, 4) is 17.3 Å². The lowest BCUT2D eigenvalue weighted by molar-refractivity contribution is -0.386. The Labute approximate surface area is 225 Å². The molecule has 2 aromatic heterocycles. The molecule has 40 heavy (non-hydrogen) atoms. The van der Waals surface area contributed by atoms with E-state index in [1.165, 1.54) is 36.5 Å². The van der Waals surface area contributed by atoms with Gasteiger partial charge in [-0.3, -0.25) is 14.9 Å². The van der Waals surface area contributed by atoms with Gasteiger partial charge in [-0.05, 0) is 36.4 Å². The first-order valence-corrected chi connectivity index (χ1v) is 12.2. The standard InChI is InChI=1S/C30H19FN4O5/c31-23-12-4-1-9-21(23)18-39-28-20(10-7-14-25(28)35(37)38)17-32-34-29(27-16-19-8-2-6-15-26(19)40-27)33-24-13-5-3-11-22(24)30(34)36/h1-17H,18H2. The Hall–Kier alpha value is -5.64. The van der Waals surface area contributed by atoms with Crippen molar-refractivity contribution < 1.29 is 18.5 Å². The van der Waals surface area contributed by atoms with E-state index in [1.54, 1.807) is 48.5 Å². The second kappa shape index (κ2) is 10.3. The summed E-state index contributed by atoms with van der Waals surface area (Å²) in [5.41, 5.74) is 0.710. The topological polar surface area (TPSA) is 113 Å². The minimum absolute atomic E-state index is 0.119. The van der Waals surface area contributed by atoms with Crippen LogP contribution in [0, 0.1) is 15.9 Å². The molecule has 0 atom stereocenters. The lowest BCUT2D eigenvalue weighted by Gasteiger charge is -2.11. The summed E-state index contributed by atoms with van der Waals surface area (Å²) in [6.45, 7) is -0.250. The third kappa shape index (κ3) is 4.58. The van der Waals surface area contributed by atoms with Gasteiger partial charge in [-0.1, -0.05) is 54.6 Å². The molecule has 0 spiro atoms. The molecule has 0 bridgehead atoms. The molecule has 10 heteroatoms. The number of nitro groups is 1. The molecule has 0 saturated carbocycles. The number of nitro benzene ring substituents is 1. The molecule has 6 aromatic rings. The first kappa shape index (κ1) is 24.7. The molecule has 4 aromatic carbocycles. The second-order valence-corrected chi connectivity index (χ2v) is 8.80. The van der Waals surface area contributed by atoms with E-state index < -0.39 is 16.3 Å². The number of fused-ring (bicyclic) bond motifs is 2. The predicted octanol–water partition coefficient (Wildman–Crippen LogP) is 6.32. The molecular weight excluding hydrogens is 515 g/mol. The zero-order chi connectivity index (χ0) is 27.6. The number of halogens is 1. The first-order valence-electron chi connectivity index (χ1n) is 12.2. The SMILES string of the molecule is O=c1c2ccccc2nc(-c2cc3ccccc3o2)n1N=Cc1cccc([N+](=O)[O-])c1OCc1ccccc1F. The molecule has 0 aliphatic carbocycles. The Kier molecular flexibility index (Phi) is 6.33. The summed E-state index contributed by atoms with van der Waals surface area (Å²) in [4.78, 5) is 29.4. The maximum atomic E-state index is 14.2. The van der Waals surface area contributed by atoms with Gasteiger partial charge in [0.05, 0.1) is 22.0 Å². The van der Waals surface area contributed by atoms with Crippen LogP contribution in [0.2, 0.25) is 0 Å². The molecular formula is C30H19FN4O5. The van der Waals surface area contributed by atoms with Gasteiger partial charge in [0.15, 0.2) is 5.76 Å². The van der Waals surface area contributed by atoms with E-state index >= 15 is 0 Å². The van der Waals surface area contributed by atoms with E-state index in [9.17, 15) is 19.3 Å². The van der Waals surface area contributed by atoms with Crippen molar-refractivity contribution in [1.29, 1.82) is 0 Å². The number of hydrogen-bond donors (Lipinski definition) is 0. The van der Waals surface area contributed by atoms with E-state index in [0.717, 1.165) is 10.1 Å². The summed E-state index contributed by atoms with van der Waals surface area (Å²) in [6.07, 6.45) is 1.27. The first-order chi connectivity index (χ1) is 19.5. The van der Waals surface area contributed by atoms with Crippen molar-refractivity contribution in [3.05, 3.63) is 134 Å². The Bertz CT molecular complexity index is 1960. The number of hydrogen-bond acceptors (Lipinski definition) is 7. The molecule has 0 unspecified atom stereocenters. The number of furan rings is 1. The Morgan fingerprint density at radius 2 is 1.77 bits per heavy atom. The van der Waals surface area contributed by atoms with Crippen molar-refractivity contribution in [2.45, 2.75) is 6.61 Å². The van der Waals surface area contributed by atoms with Crippen LogP contribution < -0.4 is 10.3 Å². The second-order valence-electron chi connectivity index (χ2n) is 8.80. The highest BCUT2D eigenvalue weighted by molar-refractivity contribution is 5.87. The summed E-state index contributed by atoms with van der Waals surface area (Å²) in [5.74, 6) is -0.154. The van der Waals surface area contributed by atoms with Crippen LogP contribution in [0.5, 0.6) is 5.75 Å². The maximum Gasteiger partial charge on any atom is 0.311 e. The highest BCUT2D eigenvalue weighted by Gasteiger charge is 2.20. The zero-order valence-corrected chi connectivity index (χ0v) is 20.7. The normalized spacial score (nSPS) is 11.4. The van der Waals surface area contributed by atoms with E-state index in [2.05, 4.69) is 10.1 Å². The molecule has 0 N–H and O–H groups in total. The summed E-state index contributed by atoms with van der Waals surface area (Å²) < 4.78 is 27.0. The van der Waals surface area contributed by atoms with E-state index in [1.807, 2.05) is 18.2 Å². The van der Waals surface area contributed by atoms with Gasteiger partial charge in [0.2, 0.25) is 11.6 Å². The number of nitrogens with zero attached hydrogens (tertiary/aromatic N) is 4. The Balaban J connectivity index is 1.48. The molecule has 6 rings (SSSR count). The summed E-state index contributed by atoms with van der Waals surface area (Å²) in [7, 11) is 0. The largest absolute Gasteiger partial charge is 0.481 e. The third-order valence-electron chi connectivity index (χ3n) is 6.26. The van der Waals surface area contributed by atoms with E-state index in [-0.39, 0.29) is 35.0 Å². The van der Waals surface area contributed by atoms with Crippen molar-refractivity contribution in [2.24, 2.45) is 5.10 Å². The molecule has 0 aliphatic heterocycles. The number of benzene rings is 4. The van der Waals surface area contributed by atoms with Crippen LogP contribution in [0.3, 0.4) is 0 Å². The van der Waals surface area contributed by atoms with E-state index in [4.69, 9.17) is 9.15 Å². The van der Waals surface area contributed by atoms with Crippen molar-refractivity contribution in [2.75, 3.05) is 0 Å². The average molecular weight is 535 g/mol. The number of ether oxygens (including phenoxy) is 1. The monoisotopic (exact) mass is 534 g/mol. The molecule has 0 aliphatic rings. The zero-order valence-electron chi connectivity index (χ0n) is 20.7. The minimum atomic E-state index is -0.600. The highest BCUT2D eigenvalue weighted by Crippen LogP contribution is 2.31. The van der Waals surface area contributed by atoms with Gasteiger partial charge in [0.1, 0.15) is 18.0 Å². The third-order valence-corrected chi connectivity index (χ3v) is 6.26. The van der Waals surface area contributed by atoms with Crippen LogP contribution in [0.15, 0.2) is 111 Å². The lowest BCUT2D eigenvalue weighted by atomic mass is 10.2. The van der Waals surface area contributed by atoms with Crippen molar-refractivity contribution in [3.63, 3.8) is 0 Å². The van der Waals surface area contributed by atoms with Crippen LogP contribution in [0.4, 0.5) is 10.1 Å². The number of aromatic nitrogens is 2. The summed E-state index contributed by atoms with van der Waals surface area (Å²) in [6, 6.07) is 26.2. The van der Waals surface area contributed by atoms with Gasteiger partial charge < -0.3 is 9.15 Å². The lowest BCUT2D eigenvalue weighted by Crippen LogP contribution is -2.20.